The average molecular weight is 280 g/mol. The first kappa shape index (κ1) is 14.8. The van der Waals surface area contributed by atoms with E-state index in [1.165, 1.54) is 71.1 Å². The molecule has 1 aliphatic heterocycles. The van der Waals surface area contributed by atoms with E-state index in [1.807, 2.05) is 0 Å². The Balaban J connectivity index is 1.46. The lowest BCUT2D eigenvalue weighted by molar-refractivity contribution is 0.0950. The molecule has 0 aromatic heterocycles. The highest BCUT2D eigenvalue weighted by atomic mass is 16.2. The molecule has 0 aromatic rings. The Kier molecular flexibility index (Phi) is 5.36. The molecule has 116 valence electrons. The Morgan fingerprint density at radius 1 is 1.00 bits per heavy atom. The molecule has 3 rings (SSSR count). The number of rotatable bonds is 8. The van der Waals surface area contributed by atoms with Crippen LogP contribution < -0.4 is 5.32 Å². The summed E-state index contributed by atoms with van der Waals surface area (Å²) in [6.07, 6.45) is 10.8. The smallest absolute Gasteiger partial charge is 0.0431 e. The van der Waals surface area contributed by atoms with Crippen LogP contribution in [0.1, 0.15) is 51.4 Å². The van der Waals surface area contributed by atoms with E-state index in [-0.39, 0.29) is 0 Å². The van der Waals surface area contributed by atoms with Crippen LogP contribution in [-0.4, -0.2) is 48.8 Å². The molecule has 3 heteroatoms. The summed E-state index contributed by atoms with van der Waals surface area (Å²) < 4.78 is 0. The minimum Gasteiger partial charge on any atom is -0.396 e. The van der Waals surface area contributed by atoms with Gasteiger partial charge in [-0.25, -0.2) is 0 Å². The largest absolute Gasteiger partial charge is 0.396 e. The second-order valence-corrected chi connectivity index (χ2v) is 7.53. The van der Waals surface area contributed by atoms with Gasteiger partial charge in [0.2, 0.25) is 0 Å². The maximum Gasteiger partial charge on any atom is 0.0431 e. The number of nitrogens with one attached hydrogen (secondary N) is 1. The van der Waals surface area contributed by atoms with Crippen LogP contribution in [-0.2, 0) is 0 Å². The van der Waals surface area contributed by atoms with E-state index in [2.05, 4.69) is 10.2 Å². The van der Waals surface area contributed by atoms with Crippen LogP contribution in [0, 0.1) is 17.8 Å². The Bertz CT molecular complexity index is 289. The summed E-state index contributed by atoms with van der Waals surface area (Å²) in [6, 6.07) is 0.702. The number of hydrogen-bond donors (Lipinski definition) is 2. The van der Waals surface area contributed by atoms with Gasteiger partial charge in [-0.15, -0.1) is 0 Å². The van der Waals surface area contributed by atoms with Crippen molar-refractivity contribution in [2.24, 2.45) is 17.8 Å². The molecule has 20 heavy (non-hydrogen) atoms. The fourth-order valence-corrected chi connectivity index (χ4v) is 3.88. The van der Waals surface area contributed by atoms with E-state index in [0.717, 1.165) is 24.2 Å². The topological polar surface area (TPSA) is 35.5 Å². The van der Waals surface area contributed by atoms with Crippen LogP contribution in [0.25, 0.3) is 0 Å². The third-order valence-electron chi connectivity index (χ3n) is 5.52. The van der Waals surface area contributed by atoms with Gasteiger partial charge in [0.15, 0.2) is 0 Å². The molecule has 1 saturated heterocycles. The second kappa shape index (κ2) is 7.24. The minimum atomic E-state index is 0.360. The highest BCUT2D eigenvalue weighted by Gasteiger charge is 2.30. The highest BCUT2D eigenvalue weighted by Crippen LogP contribution is 2.31. The van der Waals surface area contributed by atoms with Crippen molar-refractivity contribution < 1.29 is 5.11 Å². The molecule has 2 aliphatic carbocycles. The third kappa shape index (κ3) is 4.44. The van der Waals surface area contributed by atoms with Crippen molar-refractivity contribution in [3.63, 3.8) is 0 Å². The van der Waals surface area contributed by atoms with Crippen LogP contribution in [0.2, 0.25) is 0 Å². The van der Waals surface area contributed by atoms with E-state index >= 15 is 0 Å². The van der Waals surface area contributed by atoms with Gasteiger partial charge in [0, 0.05) is 32.3 Å². The van der Waals surface area contributed by atoms with Crippen molar-refractivity contribution in [1.29, 1.82) is 0 Å². The zero-order valence-corrected chi connectivity index (χ0v) is 12.9. The number of piperidine rings is 1. The molecule has 2 unspecified atom stereocenters. The third-order valence-corrected chi connectivity index (χ3v) is 5.52. The van der Waals surface area contributed by atoms with Crippen LogP contribution in [0.4, 0.5) is 0 Å². The van der Waals surface area contributed by atoms with Crippen molar-refractivity contribution in [3.05, 3.63) is 0 Å². The fraction of sp³-hybridized carbons (Fsp3) is 1.00. The van der Waals surface area contributed by atoms with E-state index in [4.69, 9.17) is 5.11 Å². The molecule has 3 aliphatic rings. The van der Waals surface area contributed by atoms with Gasteiger partial charge in [0.05, 0.1) is 0 Å². The van der Waals surface area contributed by atoms with Gasteiger partial charge in [0.1, 0.15) is 0 Å². The molecule has 0 radical (unpaired) electrons. The quantitative estimate of drug-likeness (QED) is 0.716. The zero-order chi connectivity index (χ0) is 13.8. The Morgan fingerprint density at radius 3 is 2.50 bits per heavy atom. The van der Waals surface area contributed by atoms with Crippen molar-refractivity contribution in [2.45, 2.75) is 57.4 Å². The summed E-state index contributed by atoms with van der Waals surface area (Å²) in [6.45, 7) is 5.47. The van der Waals surface area contributed by atoms with Gasteiger partial charge in [-0.2, -0.15) is 0 Å². The second-order valence-electron chi connectivity index (χ2n) is 7.53. The van der Waals surface area contributed by atoms with Crippen LogP contribution in [0.5, 0.6) is 0 Å². The molecule has 1 heterocycles. The number of aliphatic hydroxyl groups is 1. The number of aliphatic hydroxyl groups excluding tert-OH is 1. The van der Waals surface area contributed by atoms with Crippen molar-refractivity contribution in [1.82, 2.24) is 10.2 Å². The summed E-state index contributed by atoms with van der Waals surface area (Å²) in [4.78, 5) is 2.72. The van der Waals surface area contributed by atoms with Gasteiger partial charge < -0.3 is 15.3 Å². The van der Waals surface area contributed by atoms with Crippen LogP contribution in [0.15, 0.2) is 0 Å². The van der Waals surface area contributed by atoms with Crippen LogP contribution >= 0.6 is 0 Å². The summed E-state index contributed by atoms with van der Waals surface area (Å²) in [5.41, 5.74) is 0. The van der Waals surface area contributed by atoms with Gasteiger partial charge in [-0.05, 0) is 69.2 Å². The highest BCUT2D eigenvalue weighted by molar-refractivity contribution is 4.87. The molecule has 0 spiro atoms. The van der Waals surface area contributed by atoms with E-state index in [1.54, 1.807) is 0 Å². The number of nitrogens with zero attached hydrogens (tertiary/aromatic N) is 1. The van der Waals surface area contributed by atoms with Gasteiger partial charge in [-0.3, -0.25) is 0 Å². The molecule has 2 atom stereocenters. The lowest BCUT2D eigenvalue weighted by Crippen LogP contribution is -2.51. The zero-order valence-electron chi connectivity index (χ0n) is 12.9. The molecule has 0 amide bonds. The molecule has 2 saturated carbocycles. The van der Waals surface area contributed by atoms with Gasteiger partial charge >= 0.3 is 0 Å². The summed E-state index contributed by atoms with van der Waals surface area (Å²) >= 11 is 0. The fourth-order valence-electron chi connectivity index (χ4n) is 3.88. The first-order valence-corrected chi connectivity index (χ1v) is 8.90. The lowest BCUT2D eigenvalue weighted by atomic mass is 9.83. The summed E-state index contributed by atoms with van der Waals surface area (Å²) in [5, 5.41) is 12.9. The molecule has 3 fully saturated rings. The first-order valence-electron chi connectivity index (χ1n) is 8.90. The van der Waals surface area contributed by atoms with E-state index in [9.17, 15) is 0 Å². The van der Waals surface area contributed by atoms with E-state index < -0.39 is 0 Å². The molecular formula is C17H32N2O. The normalized spacial score (nSPS) is 32.2. The predicted molar refractivity (Wildman–Crippen MR) is 82.7 cm³/mol. The molecule has 0 bridgehead atoms. The number of hydrogen-bond acceptors (Lipinski definition) is 3. The molecule has 2 N–H and O–H groups in total. The maximum absolute atomic E-state index is 9.08. The number of likely N-dealkylation sites (tertiary alicyclic amines) is 1. The standard InChI is InChI=1S/C17H32N2O/c20-8-2-5-16-9-17(18-10-14-6-7-14)13-19(12-16)11-15-3-1-4-15/h14-18,20H,1-13H2. The summed E-state index contributed by atoms with van der Waals surface area (Å²) in [7, 11) is 0. The van der Waals surface area contributed by atoms with Crippen molar-refractivity contribution in [3.8, 4) is 0 Å². The molecule has 3 nitrogen and oxygen atoms in total. The Morgan fingerprint density at radius 2 is 1.85 bits per heavy atom. The predicted octanol–water partition coefficient (Wildman–Crippen LogP) is 2.25. The Hall–Kier alpha value is -0.120. The average Bonchev–Trinajstić information content (AvgIpc) is 3.22. The summed E-state index contributed by atoms with van der Waals surface area (Å²) in [5.74, 6) is 2.76. The molecule has 0 aromatic carbocycles. The van der Waals surface area contributed by atoms with Gasteiger partial charge in [-0.1, -0.05) is 6.42 Å². The SMILES string of the molecule is OCCCC1CC(NCC2CC2)CN(CC2CCC2)C1. The van der Waals surface area contributed by atoms with Gasteiger partial charge in [0.25, 0.3) is 0 Å². The lowest BCUT2D eigenvalue weighted by Gasteiger charge is -2.41. The van der Waals surface area contributed by atoms with Crippen LogP contribution in [0.3, 0.4) is 0 Å². The maximum atomic E-state index is 9.08. The minimum absolute atomic E-state index is 0.360. The van der Waals surface area contributed by atoms with E-state index in [0.29, 0.717) is 12.6 Å². The first-order chi connectivity index (χ1) is 9.83. The van der Waals surface area contributed by atoms with Crippen molar-refractivity contribution in [2.75, 3.05) is 32.8 Å². The monoisotopic (exact) mass is 280 g/mol. The van der Waals surface area contributed by atoms with Crippen molar-refractivity contribution >= 4 is 0 Å². The Labute approximate surface area is 124 Å². The molecular weight excluding hydrogens is 248 g/mol.